The number of aromatic nitrogens is 2. The Morgan fingerprint density at radius 1 is 0.680 bits per heavy atom. The molecular formula is C20H19ClN4. The first-order chi connectivity index (χ1) is 12.3. The maximum Gasteiger partial charge on any atom is 0.151 e. The minimum atomic E-state index is 0.726. The molecule has 0 atom stereocenters. The van der Waals surface area contributed by atoms with Crippen molar-refractivity contribution in [3.8, 4) is 11.3 Å². The van der Waals surface area contributed by atoms with Crippen LogP contribution in [-0.4, -0.2) is 36.4 Å². The number of hydrogen-bond acceptors (Lipinski definition) is 4. The summed E-state index contributed by atoms with van der Waals surface area (Å²) in [4.78, 5) is 4.70. The average molecular weight is 351 g/mol. The quantitative estimate of drug-likeness (QED) is 0.711. The molecule has 1 saturated heterocycles. The molecule has 0 bridgehead atoms. The van der Waals surface area contributed by atoms with E-state index in [1.54, 1.807) is 0 Å². The van der Waals surface area contributed by atoms with Crippen molar-refractivity contribution in [2.45, 2.75) is 0 Å². The molecular weight excluding hydrogens is 332 g/mol. The van der Waals surface area contributed by atoms with Gasteiger partial charge in [-0.25, -0.2) is 0 Å². The largest absolute Gasteiger partial charge is 0.368 e. The molecule has 5 heteroatoms. The second-order valence-electron chi connectivity index (χ2n) is 6.09. The summed E-state index contributed by atoms with van der Waals surface area (Å²) in [7, 11) is 0. The molecule has 0 amide bonds. The van der Waals surface area contributed by atoms with E-state index < -0.39 is 0 Å². The maximum absolute atomic E-state index is 5.94. The van der Waals surface area contributed by atoms with Crippen molar-refractivity contribution in [3.05, 3.63) is 71.8 Å². The molecule has 1 aliphatic heterocycles. The zero-order valence-electron chi connectivity index (χ0n) is 13.8. The molecule has 4 nitrogen and oxygen atoms in total. The van der Waals surface area contributed by atoms with Crippen LogP contribution in [0.3, 0.4) is 0 Å². The van der Waals surface area contributed by atoms with E-state index in [9.17, 15) is 0 Å². The molecule has 0 N–H and O–H groups in total. The Labute approximate surface area is 152 Å². The second-order valence-corrected chi connectivity index (χ2v) is 6.53. The summed E-state index contributed by atoms with van der Waals surface area (Å²) in [6, 6.07) is 22.3. The Morgan fingerprint density at radius 3 is 2.00 bits per heavy atom. The van der Waals surface area contributed by atoms with E-state index in [1.807, 2.05) is 30.3 Å². The lowest BCUT2D eigenvalue weighted by Crippen LogP contribution is -2.46. The molecule has 2 heterocycles. The molecule has 0 aliphatic carbocycles. The lowest BCUT2D eigenvalue weighted by Gasteiger charge is -2.36. The van der Waals surface area contributed by atoms with E-state index >= 15 is 0 Å². The molecule has 1 aromatic heterocycles. The van der Waals surface area contributed by atoms with Gasteiger partial charge in [-0.3, -0.25) is 0 Å². The van der Waals surface area contributed by atoms with Gasteiger partial charge in [-0.1, -0.05) is 41.9 Å². The summed E-state index contributed by atoms with van der Waals surface area (Å²) >= 11 is 5.94. The third kappa shape index (κ3) is 3.59. The van der Waals surface area contributed by atoms with Gasteiger partial charge in [0.25, 0.3) is 0 Å². The average Bonchev–Trinajstić information content (AvgIpc) is 2.70. The van der Waals surface area contributed by atoms with Gasteiger partial charge in [0.05, 0.1) is 5.69 Å². The normalized spacial score (nSPS) is 14.6. The molecule has 0 radical (unpaired) electrons. The van der Waals surface area contributed by atoms with Crippen LogP contribution in [0.1, 0.15) is 0 Å². The van der Waals surface area contributed by atoms with Crippen LogP contribution in [0.2, 0.25) is 5.02 Å². The van der Waals surface area contributed by atoms with E-state index in [-0.39, 0.29) is 0 Å². The van der Waals surface area contributed by atoms with Crippen molar-refractivity contribution in [1.82, 2.24) is 10.2 Å². The summed E-state index contributed by atoms with van der Waals surface area (Å²) < 4.78 is 0. The van der Waals surface area contributed by atoms with Crippen LogP contribution < -0.4 is 9.80 Å². The Morgan fingerprint density at radius 2 is 1.36 bits per heavy atom. The van der Waals surface area contributed by atoms with Crippen molar-refractivity contribution < 1.29 is 0 Å². The minimum Gasteiger partial charge on any atom is -0.368 e. The third-order valence-corrected chi connectivity index (χ3v) is 4.77. The predicted octanol–water partition coefficient (Wildman–Crippen LogP) is 4.12. The van der Waals surface area contributed by atoms with Crippen molar-refractivity contribution in [2.24, 2.45) is 0 Å². The van der Waals surface area contributed by atoms with Crippen LogP contribution >= 0.6 is 11.6 Å². The number of nitrogens with zero attached hydrogens (tertiary/aromatic N) is 4. The Hall–Kier alpha value is -2.59. The number of benzene rings is 2. The molecule has 25 heavy (non-hydrogen) atoms. The molecule has 0 saturated carbocycles. The highest BCUT2D eigenvalue weighted by Gasteiger charge is 2.18. The Kier molecular flexibility index (Phi) is 4.53. The first-order valence-electron chi connectivity index (χ1n) is 8.44. The van der Waals surface area contributed by atoms with Crippen molar-refractivity contribution in [2.75, 3.05) is 36.0 Å². The number of piperazine rings is 1. The zero-order chi connectivity index (χ0) is 17.1. The van der Waals surface area contributed by atoms with Gasteiger partial charge in [-0.15, -0.1) is 10.2 Å². The molecule has 3 aromatic rings. The van der Waals surface area contributed by atoms with E-state index in [1.165, 1.54) is 5.69 Å². The number of anilines is 2. The van der Waals surface area contributed by atoms with Crippen LogP contribution in [-0.2, 0) is 0 Å². The smallest absolute Gasteiger partial charge is 0.151 e. The van der Waals surface area contributed by atoms with Gasteiger partial charge in [0, 0.05) is 42.5 Å². The van der Waals surface area contributed by atoms with Crippen molar-refractivity contribution in [1.29, 1.82) is 0 Å². The molecule has 0 unspecified atom stereocenters. The van der Waals surface area contributed by atoms with Gasteiger partial charge in [0.15, 0.2) is 5.82 Å². The number of rotatable bonds is 3. The fourth-order valence-corrected chi connectivity index (χ4v) is 3.23. The minimum absolute atomic E-state index is 0.726. The number of para-hydroxylation sites is 1. The highest BCUT2D eigenvalue weighted by molar-refractivity contribution is 6.30. The topological polar surface area (TPSA) is 32.3 Å². The summed E-state index contributed by atoms with van der Waals surface area (Å²) in [6.45, 7) is 3.88. The van der Waals surface area contributed by atoms with E-state index in [4.69, 9.17) is 11.6 Å². The standard InChI is InChI=1S/C20H19ClN4/c21-17-8-6-16(7-9-17)19-10-11-20(23-22-19)25-14-12-24(13-15-25)18-4-2-1-3-5-18/h1-11H,12-15H2. The van der Waals surface area contributed by atoms with Gasteiger partial charge < -0.3 is 9.80 Å². The summed E-state index contributed by atoms with van der Waals surface area (Å²) in [6.07, 6.45) is 0. The van der Waals surface area contributed by atoms with Crippen molar-refractivity contribution in [3.63, 3.8) is 0 Å². The molecule has 1 fully saturated rings. The lowest BCUT2D eigenvalue weighted by molar-refractivity contribution is 0.644. The summed E-state index contributed by atoms with van der Waals surface area (Å²) in [5.74, 6) is 0.936. The van der Waals surface area contributed by atoms with Gasteiger partial charge in [-0.05, 0) is 36.4 Å². The SMILES string of the molecule is Clc1ccc(-c2ccc(N3CCN(c4ccccc4)CC3)nn2)cc1. The van der Waals surface area contributed by atoms with Gasteiger partial charge in [0.2, 0.25) is 0 Å². The second kappa shape index (κ2) is 7.11. The highest BCUT2D eigenvalue weighted by atomic mass is 35.5. The molecule has 1 aliphatic rings. The predicted molar refractivity (Wildman–Crippen MR) is 103 cm³/mol. The van der Waals surface area contributed by atoms with E-state index in [2.05, 4.69) is 56.4 Å². The fraction of sp³-hybridized carbons (Fsp3) is 0.200. The van der Waals surface area contributed by atoms with Crippen LogP contribution in [0.5, 0.6) is 0 Å². The maximum atomic E-state index is 5.94. The fourth-order valence-electron chi connectivity index (χ4n) is 3.10. The zero-order valence-corrected chi connectivity index (χ0v) is 14.6. The van der Waals surface area contributed by atoms with Gasteiger partial charge in [0.1, 0.15) is 0 Å². The highest BCUT2D eigenvalue weighted by Crippen LogP contribution is 2.22. The third-order valence-electron chi connectivity index (χ3n) is 4.52. The molecule has 126 valence electrons. The molecule has 4 rings (SSSR count). The lowest BCUT2D eigenvalue weighted by atomic mass is 10.1. The van der Waals surface area contributed by atoms with E-state index in [0.717, 1.165) is 48.3 Å². The summed E-state index contributed by atoms with van der Waals surface area (Å²) in [5.41, 5.74) is 3.17. The van der Waals surface area contributed by atoms with Crippen LogP contribution in [0.4, 0.5) is 11.5 Å². The number of hydrogen-bond donors (Lipinski definition) is 0. The van der Waals surface area contributed by atoms with Gasteiger partial charge in [-0.2, -0.15) is 0 Å². The monoisotopic (exact) mass is 350 g/mol. The first kappa shape index (κ1) is 15.9. The van der Waals surface area contributed by atoms with Crippen molar-refractivity contribution >= 4 is 23.1 Å². The first-order valence-corrected chi connectivity index (χ1v) is 8.82. The van der Waals surface area contributed by atoms with Crippen LogP contribution in [0.25, 0.3) is 11.3 Å². The number of halogens is 1. The Balaban J connectivity index is 1.42. The summed E-state index contributed by atoms with van der Waals surface area (Å²) in [5, 5.41) is 9.53. The molecule has 0 spiro atoms. The van der Waals surface area contributed by atoms with Crippen LogP contribution in [0, 0.1) is 0 Å². The van der Waals surface area contributed by atoms with E-state index in [0.29, 0.717) is 0 Å². The van der Waals surface area contributed by atoms with Crippen LogP contribution in [0.15, 0.2) is 66.7 Å². The molecule has 2 aromatic carbocycles. The Bertz CT molecular complexity index is 811. The van der Waals surface area contributed by atoms with Gasteiger partial charge >= 0.3 is 0 Å².